The summed E-state index contributed by atoms with van der Waals surface area (Å²) in [6, 6.07) is 1.95. The molecule has 0 bridgehead atoms. The highest BCUT2D eigenvalue weighted by molar-refractivity contribution is 4.88. The third kappa shape index (κ3) is 4.30. The number of hydrogen-bond donors (Lipinski definition) is 1. The molecule has 0 saturated heterocycles. The standard InChI is InChI=1S/C7H14N2O/c1-3-9-7(5-8)6-10-4-2/h7,9H,3-4,6H2,1-2H3. The maximum absolute atomic E-state index is 8.49. The Balaban J connectivity index is 3.33. The first-order valence-electron chi connectivity index (χ1n) is 3.55. The summed E-state index contributed by atoms with van der Waals surface area (Å²) < 4.78 is 5.05. The Kier molecular flexibility index (Phi) is 6.14. The van der Waals surface area contributed by atoms with Gasteiger partial charge in [0.05, 0.1) is 12.7 Å². The largest absolute Gasteiger partial charge is 0.379 e. The molecule has 58 valence electrons. The molecular weight excluding hydrogens is 128 g/mol. The van der Waals surface area contributed by atoms with Gasteiger partial charge in [0.25, 0.3) is 0 Å². The summed E-state index contributed by atoms with van der Waals surface area (Å²) in [4.78, 5) is 0. The van der Waals surface area contributed by atoms with Gasteiger partial charge in [0.1, 0.15) is 6.04 Å². The molecule has 3 nitrogen and oxygen atoms in total. The predicted molar refractivity (Wildman–Crippen MR) is 39.6 cm³/mol. The van der Waals surface area contributed by atoms with E-state index in [1.807, 2.05) is 13.8 Å². The van der Waals surface area contributed by atoms with Gasteiger partial charge in [-0.15, -0.1) is 0 Å². The molecule has 0 aromatic carbocycles. The smallest absolute Gasteiger partial charge is 0.119 e. The molecule has 1 atom stereocenters. The van der Waals surface area contributed by atoms with Crippen LogP contribution >= 0.6 is 0 Å². The molecule has 0 saturated carbocycles. The van der Waals surface area contributed by atoms with E-state index in [1.165, 1.54) is 0 Å². The van der Waals surface area contributed by atoms with E-state index < -0.39 is 0 Å². The Bertz CT molecular complexity index is 109. The predicted octanol–water partition coefficient (Wildman–Crippen LogP) is 0.525. The van der Waals surface area contributed by atoms with Crippen LogP contribution in [-0.4, -0.2) is 25.8 Å². The van der Waals surface area contributed by atoms with E-state index in [2.05, 4.69) is 11.4 Å². The minimum atomic E-state index is -0.148. The molecule has 0 rings (SSSR count). The van der Waals surface area contributed by atoms with Crippen molar-refractivity contribution in [3.05, 3.63) is 0 Å². The highest BCUT2D eigenvalue weighted by Gasteiger charge is 2.02. The lowest BCUT2D eigenvalue weighted by Gasteiger charge is -2.08. The lowest BCUT2D eigenvalue weighted by molar-refractivity contribution is 0.136. The van der Waals surface area contributed by atoms with Crippen LogP contribution in [0.4, 0.5) is 0 Å². The van der Waals surface area contributed by atoms with Crippen molar-refractivity contribution >= 4 is 0 Å². The van der Waals surface area contributed by atoms with Crippen molar-refractivity contribution in [3.8, 4) is 6.07 Å². The number of ether oxygens (including phenoxy) is 1. The molecule has 0 aromatic rings. The van der Waals surface area contributed by atoms with E-state index in [0.717, 1.165) is 6.54 Å². The van der Waals surface area contributed by atoms with E-state index in [0.29, 0.717) is 13.2 Å². The SMILES string of the molecule is CCNC(C#N)COCC. The Labute approximate surface area is 62.0 Å². The molecule has 0 aliphatic carbocycles. The molecule has 0 spiro atoms. The van der Waals surface area contributed by atoms with Gasteiger partial charge in [-0.1, -0.05) is 6.92 Å². The molecule has 0 heterocycles. The zero-order valence-corrected chi connectivity index (χ0v) is 6.55. The van der Waals surface area contributed by atoms with Crippen LogP contribution in [0, 0.1) is 11.3 Å². The van der Waals surface area contributed by atoms with Crippen LogP contribution in [0.5, 0.6) is 0 Å². The minimum absolute atomic E-state index is 0.148. The van der Waals surface area contributed by atoms with Gasteiger partial charge in [-0.2, -0.15) is 5.26 Å². The molecule has 10 heavy (non-hydrogen) atoms. The number of likely N-dealkylation sites (N-methyl/N-ethyl adjacent to an activating group) is 1. The van der Waals surface area contributed by atoms with Crippen LogP contribution in [-0.2, 0) is 4.74 Å². The minimum Gasteiger partial charge on any atom is -0.379 e. The number of nitrogens with one attached hydrogen (secondary N) is 1. The van der Waals surface area contributed by atoms with E-state index in [4.69, 9.17) is 10.00 Å². The molecular formula is C7H14N2O. The third-order valence-corrected chi connectivity index (χ3v) is 1.10. The molecule has 1 N–H and O–H groups in total. The van der Waals surface area contributed by atoms with Crippen LogP contribution in [0.3, 0.4) is 0 Å². The normalized spacial score (nSPS) is 12.5. The Morgan fingerprint density at radius 2 is 2.30 bits per heavy atom. The van der Waals surface area contributed by atoms with E-state index >= 15 is 0 Å². The van der Waals surface area contributed by atoms with Gasteiger partial charge in [-0.25, -0.2) is 0 Å². The summed E-state index contributed by atoms with van der Waals surface area (Å²) in [5.41, 5.74) is 0. The first-order valence-corrected chi connectivity index (χ1v) is 3.55. The summed E-state index contributed by atoms with van der Waals surface area (Å²) in [7, 11) is 0. The summed E-state index contributed by atoms with van der Waals surface area (Å²) in [5, 5.41) is 11.5. The molecule has 0 fully saturated rings. The quantitative estimate of drug-likeness (QED) is 0.608. The van der Waals surface area contributed by atoms with Crippen LogP contribution in [0.25, 0.3) is 0 Å². The van der Waals surface area contributed by atoms with Gasteiger partial charge in [-0.05, 0) is 13.5 Å². The third-order valence-electron chi connectivity index (χ3n) is 1.10. The van der Waals surface area contributed by atoms with Gasteiger partial charge >= 0.3 is 0 Å². The second-order valence-corrected chi connectivity index (χ2v) is 1.90. The summed E-state index contributed by atoms with van der Waals surface area (Å²) in [5.74, 6) is 0. The van der Waals surface area contributed by atoms with Crippen molar-refractivity contribution in [2.45, 2.75) is 19.9 Å². The molecule has 0 aromatic heterocycles. The van der Waals surface area contributed by atoms with Gasteiger partial charge in [0.15, 0.2) is 0 Å². The average molecular weight is 142 g/mol. The monoisotopic (exact) mass is 142 g/mol. The molecule has 0 aliphatic rings. The average Bonchev–Trinajstić information content (AvgIpc) is 1.98. The maximum Gasteiger partial charge on any atom is 0.119 e. The molecule has 0 radical (unpaired) electrons. The summed E-state index contributed by atoms with van der Waals surface area (Å²) in [6.45, 7) is 5.85. The fraction of sp³-hybridized carbons (Fsp3) is 0.857. The van der Waals surface area contributed by atoms with E-state index in [9.17, 15) is 0 Å². The van der Waals surface area contributed by atoms with Crippen molar-refractivity contribution in [1.82, 2.24) is 5.32 Å². The lowest BCUT2D eigenvalue weighted by atomic mass is 10.3. The van der Waals surface area contributed by atoms with Gasteiger partial charge < -0.3 is 10.1 Å². The van der Waals surface area contributed by atoms with Gasteiger partial charge in [-0.3, -0.25) is 0 Å². The fourth-order valence-electron chi connectivity index (χ4n) is 0.624. The van der Waals surface area contributed by atoms with Crippen molar-refractivity contribution in [1.29, 1.82) is 5.26 Å². The van der Waals surface area contributed by atoms with Gasteiger partial charge in [0.2, 0.25) is 0 Å². The zero-order valence-electron chi connectivity index (χ0n) is 6.55. The molecule has 0 aliphatic heterocycles. The highest BCUT2D eigenvalue weighted by Crippen LogP contribution is 1.82. The summed E-state index contributed by atoms with van der Waals surface area (Å²) in [6.07, 6.45) is 0. The maximum atomic E-state index is 8.49. The Morgan fingerprint density at radius 1 is 1.60 bits per heavy atom. The van der Waals surface area contributed by atoms with Crippen molar-refractivity contribution in [2.75, 3.05) is 19.8 Å². The molecule has 0 amide bonds. The molecule has 3 heteroatoms. The van der Waals surface area contributed by atoms with Crippen molar-refractivity contribution in [2.24, 2.45) is 0 Å². The second kappa shape index (κ2) is 6.53. The van der Waals surface area contributed by atoms with Crippen LogP contribution in [0.2, 0.25) is 0 Å². The van der Waals surface area contributed by atoms with Crippen molar-refractivity contribution < 1.29 is 4.74 Å². The Morgan fingerprint density at radius 3 is 2.70 bits per heavy atom. The zero-order chi connectivity index (χ0) is 7.82. The number of nitrogens with zero attached hydrogens (tertiary/aromatic N) is 1. The topological polar surface area (TPSA) is 45.0 Å². The first kappa shape index (κ1) is 9.41. The Hall–Kier alpha value is -0.590. The number of nitriles is 1. The second-order valence-electron chi connectivity index (χ2n) is 1.90. The number of rotatable bonds is 5. The summed E-state index contributed by atoms with van der Waals surface area (Å²) >= 11 is 0. The highest BCUT2D eigenvalue weighted by atomic mass is 16.5. The van der Waals surface area contributed by atoms with Gasteiger partial charge in [0, 0.05) is 6.61 Å². The van der Waals surface area contributed by atoms with Crippen LogP contribution in [0.1, 0.15) is 13.8 Å². The van der Waals surface area contributed by atoms with Crippen LogP contribution < -0.4 is 5.32 Å². The lowest BCUT2D eigenvalue weighted by Crippen LogP contribution is -2.31. The first-order chi connectivity index (χ1) is 4.85. The van der Waals surface area contributed by atoms with Crippen molar-refractivity contribution in [3.63, 3.8) is 0 Å². The fourth-order valence-corrected chi connectivity index (χ4v) is 0.624. The van der Waals surface area contributed by atoms with E-state index in [-0.39, 0.29) is 6.04 Å². The van der Waals surface area contributed by atoms with Crippen LogP contribution in [0.15, 0.2) is 0 Å². The van der Waals surface area contributed by atoms with E-state index in [1.54, 1.807) is 0 Å². The number of hydrogen-bond acceptors (Lipinski definition) is 3. The molecule has 1 unspecified atom stereocenters.